The van der Waals surface area contributed by atoms with E-state index in [1.165, 1.54) is 51.4 Å². The first-order valence-corrected chi connectivity index (χ1v) is 8.33. The van der Waals surface area contributed by atoms with Crippen LogP contribution >= 0.6 is 23.2 Å². The van der Waals surface area contributed by atoms with Crippen LogP contribution in [0.15, 0.2) is 0 Å². The maximum absolute atomic E-state index is 10.5. The van der Waals surface area contributed by atoms with Crippen molar-refractivity contribution in [2.45, 2.75) is 88.3 Å². The van der Waals surface area contributed by atoms with Crippen LogP contribution in [0.5, 0.6) is 0 Å². The van der Waals surface area contributed by atoms with Crippen molar-refractivity contribution >= 4 is 29.2 Å². The molecular formula is C15H28Cl2O2. The van der Waals surface area contributed by atoms with Crippen molar-refractivity contribution in [3.8, 4) is 0 Å². The van der Waals surface area contributed by atoms with Crippen LogP contribution < -0.4 is 0 Å². The highest BCUT2D eigenvalue weighted by molar-refractivity contribution is 6.49. The number of carboxylic acids is 1. The molecule has 0 rings (SSSR count). The molecule has 0 spiro atoms. The van der Waals surface area contributed by atoms with Crippen LogP contribution in [0.4, 0.5) is 0 Å². The molecule has 0 heterocycles. The first kappa shape index (κ1) is 19.1. The highest BCUT2D eigenvalue weighted by Crippen LogP contribution is 2.31. The minimum absolute atomic E-state index is 0.173. The fourth-order valence-corrected chi connectivity index (χ4v) is 2.68. The second kappa shape index (κ2) is 11.8. The zero-order valence-electron chi connectivity index (χ0n) is 12.1. The molecule has 1 N–H and O–H groups in total. The summed E-state index contributed by atoms with van der Waals surface area (Å²) in [5.74, 6) is -0.933. The monoisotopic (exact) mass is 310 g/mol. The average molecular weight is 311 g/mol. The maximum atomic E-state index is 10.5. The predicted molar refractivity (Wildman–Crippen MR) is 83.2 cm³/mol. The summed E-state index contributed by atoms with van der Waals surface area (Å²) in [6.07, 6.45) is 12.9. The van der Waals surface area contributed by atoms with Gasteiger partial charge in [-0.2, -0.15) is 0 Å². The van der Waals surface area contributed by atoms with Crippen molar-refractivity contribution in [1.29, 1.82) is 0 Å². The molecule has 0 bridgehead atoms. The lowest BCUT2D eigenvalue weighted by Crippen LogP contribution is -2.17. The second-order valence-electron chi connectivity index (χ2n) is 5.36. The lowest BCUT2D eigenvalue weighted by Gasteiger charge is -2.16. The molecule has 2 nitrogen and oxygen atoms in total. The molecule has 0 aliphatic rings. The molecule has 4 heteroatoms. The van der Waals surface area contributed by atoms with E-state index in [2.05, 4.69) is 6.92 Å². The van der Waals surface area contributed by atoms with E-state index in [-0.39, 0.29) is 6.42 Å². The predicted octanol–water partition coefficient (Wildman–Crippen LogP) is 5.95. The molecule has 0 aliphatic heterocycles. The van der Waals surface area contributed by atoms with E-state index in [1.54, 1.807) is 0 Å². The zero-order valence-corrected chi connectivity index (χ0v) is 13.6. The number of hydrogen-bond donors (Lipinski definition) is 1. The molecule has 0 unspecified atom stereocenters. The van der Waals surface area contributed by atoms with Gasteiger partial charge in [0.15, 0.2) is 0 Å². The Hall–Kier alpha value is 0.0500. The lowest BCUT2D eigenvalue weighted by molar-refractivity contribution is -0.137. The molecule has 0 amide bonds. The topological polar surface area (TPSA) is 37.3 Å². The fraction of sp³-hybridized carbons (Fsp3) is 0.933. The van der Waals surface area contributed by atoms with Crippen molar-refractivity contribution in [3.63, 3.8) is 0 Å². The number of halogens is 2. The average Bonchev–Trinajstić information content (AvgIpc) is 2.30. The van der Waals surface area contributed by atoms with E-state index in [0.29, 0.717) is 6.42 Å². The van der Waals surface area contributed by atoms with Gasteiger partial charge in [-0.25, -0.2) is 0 Å². The van der Waals surface area contributed by atoms with E-state index in [9.17, 15) is 4.79 Å². The van der Waals surface area contributed by atoms with Crippen molar-refractivity contribution in [2.24, 2.45) is 0 Å². The van der Waals surface area contributed by atoms with Crippen LogP contribution in [-0.2, 0) is 4.79 Å². The quantitative estimate of drug-likeness (QED) is 0.337. The third kappa shape index (κ3) is 14.3. The van der Waals surface area contributed by atoms with Crippen molar-refractivity contribution < 1.29 is 9.90 Å². The van der Waals surface area contributed by atoms with Crippen LogP contribution in [-0.4, -0.2) is 15.4 Å². The molecule has 0 aromatic rings. The molecule has 0 saturated carbocycles. The summed E-state index contributed by atoms with van der Waals surface area (Å²) in [5.41, 5.74) is 0. The van der Waals surface area contributed by atoms with E-state index >= 15 is 0 Å². The van der Waals surface area contributed by atoms with Crippen LogP contribution in [0.25, 0.3) is 0 Å². The summed E-state index contributed by atoms with van der Waals surface area (Å²) < 4.78 is -1.09. The van der Waals surface area contributed by atoms with Crippen LogP contribution in [0.1, 0.15) is 84.0 Å². The Bertz CT molecular complexity index is 230. The second-order valence-corrected chi connectivity index (χ2v) is 7.00. The van der Waals surface area contributed by atoms with Gasteiger partial charge in [0.25, 0.3) is 0 Å². The molecular weight excluding hydrogens is 283 g/mol. The Labute approximate surface area is 127 Å². The highest BCUT2D eigenvalue weighted by Gasteiger charge is 2.26. The first-order valence-electron chi connectivity index (χ1n) is 7.57. The molecule has 0 aromatic heterocycles. The normalized spacial score (nSPS) is 11.7. The van der Waals surface area contributed by atoms with Gasteiger partial charge in [-0.1, -0.05) is 71.1 Å². The van der Waals surface area contributed by atoms with Crippen LogP contribution in [0, 0.1) is 0 Å². The summed E-state index contributed by atoms with van der Waals surface area (Å²) in [4.78, 5) is 10.5. The van der Waals surface area contributed by atoms with Gasteiger partial charge in [-0.15, -0.1) is 23.2 Å². The number of carboxylic acid groups (broad SMARTS) is 1. The van der Waals surface area contributed by atoms with E-state index < -0.39 is 10.3 Å². The van der Waals surface area contributed by atoms with Gasteiger partial charge in [0, 0.05) is 0 Å². The Morgan fingerprint density at radius 1 is 0.895 bits per heavy atom. The number of carbonyl (C=O) groups is 1. The fourth-order valence-electron chi connectivity index (χ4n) is 2.18. The summed E-state index contributed by atoms with van der Waals surface area (Å²) in [7, 11) is 0. The largest absolute Gasteiger partial charge is 0.481 e. The van der Waals surface area contributed by atoms with Crippen molar-refractivity contribution in [1.82, 2.24) is 0 Å². The SMILES string of the molecule is CCCCCCCCCCCCC(Cl)(Cl)CC(=O)O. The molecule has 0 fully saturated rings. The number of aliphatic carboxylic acids is 1. The number of alkyl halides is 2. The van der Waals surface area contributed by atoms with E-state index in [1.807, 2.05) is 0 Å². The van der Waals surface area contributed by atoms with Crippen molar-refractivity contribution in [2.75, 3.05) is 0 Å². The molecule has 0 atom stereocenters. The Morgan fingerprint density at radius 2 is 1.32 bits per heavy atom. The van der Waals surface area contributed by atoms with Gasteiger partial charge >= 0.3 is 5.97 Å². The van der Waals surface area contributed by atoms with E-state index in [4.69, 9.17) is 28.3 Å². The molecule has 0 aromatic carbocycles. The van der Waals surface area contributed by atoms with Gasteiger partial charge in [0.05, 0.1) is 6.42 Å². The molecule has 0 radical (unpaired) electrons. The summed E-state index contributed by atoms with van der Waals surface area (Å²) in [6, 6.07) is 0. The van der Waals surface area contributed by atoms with Gasteiger partial charge in [-0.3, -0.25) is 4.79 Å². The van der Waals surface area contributed by atoms with Gasteiger partial charge in [0.1, 0.15) is 4.33 Å². The third-order valence-corrected chi connectivity index (χ3v) is 3.95. The summed E-state index contributed by atoms with van der Waals surface area (Å²) in [6.45, 7) is 2.23. The maximum Gasteiger partial charge on any atom is 0.306 e. The first-order chi connectivity index (χ1) is 8.98. The molecule has 114 valence electrons. The molecule has 19 heavy (non-hydrogen) atoms. The van der Waals surface area contributed by atoms with Crippen LogP contribution in [0.2, 0.25) is 0 Å². The minimum Gasteiger partial charge on any atom is -0.481 e. The summed E-state index contributed by atoms with van der Waals surface area (Å²) >= 11 is 11.9. The Kier molecular flexibility index (Phi) is 11.9. The molecule has 0 saturated heterocycles. The Balaban J connectivity index is 3.28. The Morgan fingerprint density at radius 3 is 1.74 bits per heavy atom. The third-order valence-electron chi connectivity index (χ3n) is 3.31. The van der Waals surface area contributed by atoms with Gasteiger partial charge in [0.2, 0.25) is 0 Å². The number of rotatable bonds is 13. The minimum atomic E-state index is -1.09. The van der Waals surface area contributed by atoms with Gasteiger partial charge in [-0.05, 0) is 6.42 Å². The lowest BCUT2D eigenvalue weighted by atomic mass is 10.0. The smallest absolute Gasteiger partial charge is 0.306 e. The highest BCUT2D eigenvalue weighted by atomic mass is 35.5. The van der Waals surface area contributed by atoms with Gasteiger partial charge < -0.3 is 5.11 Å². The van der Waals surface area contributed by atoms with Crippen molar-refractivity contribution in [3.05, 3.63) is 0 Å². The molecule has 0 aliphatic carbocycles. The standard InChI is InChI=1S/C15H28Cl2O2/c1-2-3-4-5-6-7-8-9-10-11-12-15(16,17)13-14(18)19/h2-13H2,1H3,(H,18,19). The number of unbranched alkanes of at least 4 members (excludes halogenated alkanes) is 9. The van der Waals surface area contributed by atoms with Crippen LogP contribution in [0.3, 0.4) is 0 Å². The van der Waals surface area contributed by atoms with E-state index in [0.717, 1.165) is 12.8 Å². The number of hydrogen-bond acceptors (Lipinski definition) is 1. The summed E-state index contributed by atoms with van der Waals surface area (Å²) in [5, 5.41) is 8.64. The zero-order chi connectivity index (χ0) is 14.6.